The fraction of sp³-hybridized carbons (Fsp3) is 0.611. The number of hydrogen-bond acceptors (Lipinski definition) is 3. The van der Waals surface area contributed by atoms with Gasteiger partial charge in [-0.2, -0.15) is 0 Å². The minimum absolute atomic E-state index is 0. The van der Waals surface area contributed by atoms with Crippen molar-refractivity contribution < 1.29 is 4.79 Å². The van der Waals surface area contributed by atoms with E-state index >= 15 is 0 Å². The lowest BCUT2D eigenvalue weighted by Gasteiger charge is -2.24. The fourth-order valence-corrected chi connectivity index (χ4v) is 4.52. The minimum atomic E-state index is -0.00114. The Morgan fingerprint density at radius 3 is 2.30 bits per heavy atom. The van der Waals surface area contributed by atoms with Crippen molar-refractivity contribution in [2.45, 2.75) is 36.8 Å². The van der Waals surface area contributed by atoms with Crippen LogP contribution in [0.25, 0.3) is 0 Å². The van der Waals surface area contributed by atoms with Gasteiger partial charge in [-0.05, 0) is 63.7 Å². The molecular weight excluding hydrogens is 328 g/mol. The Kier molecular flexibility index (Phi) is 6.81. The highest BCUT2D eigenvalue weighted by atomic mass is 35.5. The summed E-state index contributed by atoms with van der Waals surface area (Å²) in [6.07, 6.45) is 2.32. The number of nitrogens with one attached hydrogen (secondary N) is 1. The molecule has 3 rings (SSSR count). The summed E-state index contributed by atoms with van der Waals surface area (Å²) in [7, 11) is 0. The third kappa shape index (κ3) is 4.65. The van der Waals surface area contributed by atoms with E-state index in [0.29, 0.717) is 5.91 Å². The standard InChI is InChI=1S/C18H26N2OS.ClH/c1-13-3-5-17(6-4-13)22-14(2)18(21)20-9-7-15-11-19-12-16(15)8-10-20;/h3-6,14-16,19H,7-12H2,1-2H3;1H/t14?,15-,16+;. The molecular formula is C18H27ClN2OS. The highest BCUT2D eigenvalue weighted by molar-refractivity contribution is 8.00. The first-order chi connectivity index (χ1) is 10.6. The van der Waals surface area contributed by atoms with Crippen molar-refractivity contribution in [2.24, 2.45) is 11.8 Å². The maximum Gasteiger partial charge on any atom is 0.235 e. The van der Waals surface area contributed by atoms with Crippen LogP contribution in [0.1, 0.15) is 25.3 Å². The van der Waals surface area contributed by atoms with E-state index in [0.717, 1.165) is 50.9 Å². The Hall–Kier alpha value is -0.710. The van der Waals surface area contributed by atoms with Crippen LogP contribution in [0.15, 0.2) is 29.2 Å². The summed E-state index contributed by atoms with van der Waals surface area (Å²) in [5.41, 5.74) is 1.26. The third-order valence-corrected chi connectivity index (χ3v) is 6.11. The zero-order valence-electron chi connectivity index (χ0n) is 14.0. The number of carbonyl (C=O) groups excluding carboxylic acids is 1. The van der Waals surface area contributed by atoms with E-state index in [1.54, 1.807) is 11.8 Å². The molecule has 5 heteroatoms. The molecule has 0 spiro atoms. The second-order valence-corrected chi connectivity index (χ2v) is 8.07. The van der Waals surface area contributed by atoms with Crippen molar-refractivity contribution in [3.05, 3.63) is 29.8 Å². The van der Waals surface area contributed by atoms with E-state index in [-0.39, 0.29) is 17.7 Å². The SMILES string of the molecule is Cc1ccc(SC(C)C(=O)N2CC[C@@H]3CNC[C@@H]3CC2)cc1.Cl. The van der Waals surface area contributed by atoms with Crippen LogP contribution in [0.3, 0.4) is 0 Å². The highest BCUT2D eigenvalue weighted by Crippen LogP contribution is 2.29. The summed E-state index contributed by atoms with van der Waals surface area (Å²) < 4.78 is 0. The van der Waals surface area contributed by atoms with Crippen LogP contribution < -0.4 is 5.32 Å². The van der Waals surface area contributed by atoms with Gasteiger partial charge in [0.2, 0.25) is 5.91 Å². The van der Waals surface area contributed by atoms with Gasteiger partial charge in [-0.1, -0.05) is 17.7 Å². The Balaban J connectivity index is 0.00000192. The van der Waals surface area contributed by atoms with Crippen LogP contribution in [-0.4, -0.2) is 42.2 Å². The van der Waals surface area contributed by atoms with E-state index < -0.39 is 0 Å². The van der Waals surface area contributed by atoms with Gasteiger partial charge in [-0.15, -0.1) is 24.2 Å². The fourth-order valence-electron chi connectivity index (χ4n) is 3.57. The molecule has 1 aromatic rings. The molecule has 1 unspecified atom stereocenters. The van der Waals surface area contributed by atoms with E-state index in [1.165, 1.54) is 10.5 Å². The molecule has 2 saturated heterocycles. The summed E-state index contributed by atoms with van der Waals surface area (Å²) in [6.45, 7) is 8.27. The highest BCUT2D eigenvalue weighted by Gasteiger charge is 2.32. The number of likely N-dealkylation sites (tertiary alicyclic amines) is 1. The summed E-state index contributed by atoms with van der Waals surface area (Å²) in [5, 5.41) is 3.49. The number of fused-ring (bicyclic) bond motifs is 1. The Bertz CT molecular complexity index is 508. The van der Waals surface area contributed by atoms with Crippen LogP contribution in [0.5, 0.6) is 0 Å². The number of amides is 1. The van der Waals surface area contributed by atoms with Gasteiger partial charge in [0.25, 0.3) is 0 Å². The summed E-state index contributed by atoms with van der Waals surface area (Å²) in [6, 6.07) is 8.45. The number of nitrogens with zero attached hydrogens (tertiary/aromatic N) is 1. The van der Waals surface area contributed by atoms with E-state index in [4.69, 9.17) is 0 Å². The normalized spacial score (nSPS) is 25.2. The first kappa shape index (κ1) is 18.6. The lowest BCUT2D eigenvalue weighted by atomic mass is 9.92. The Labute approximate surface area is 150 Å². The van der Waals surface area contributed by atoms with Crippen molar-refractivity contribution in [2.75, 3.05) is 26.2 Å². The summed E-state index contributed by atoms with van der Waals surface area (Å²) in [5.74, 6) is 1.86. The van der Waals surface area contributed by atoms with Gasteiger partial charge in [0.05, 0.1) is 5.25 Å². The van der Waals surface area contributed by atoms with Gasteiger partial charge < -0.3 is 10.2 Å². The quantitative estimate of drug-likeness (QED) is 0.845. The number of thioether (sulfide) groups is 1. The van der Waals surface area contributed by atoms with E-state index in [2.05, 4.69) is 41.4 Å². The second-order valence-electron chi connectivity index (χ2n) is 6.65. The zero-order chi connectivity index (χ0) is 15.5. The van der Waals surface area contributed by atoms with Crippen molar-refractivity contribution in [1.82, 2.24) is 10.2 Å². The van der Waals surface area contributed by atoms with Gasteiger partial charge in [-0.3, -0.25) is 4.79 Å². The molecule has 2 aliphatic heterocycles. The first-order valence-electron chi connectivity index (χ1n) is 8.36. The van der Waals surface area contributed by atoms with Gasteiger partial charge in [0.15, 0.2) is 0 Å². The largest absolute Gasteiger partial charge is 0.342 e. The summed E-state index contributed by atoms with van der Waals surface area (Å²) in [4.78, 5) is 16.0. The Morgan fingerprint density at radius 1 is 1.17 bits per heavy atom. The molecule has 0 aliphatic carbocycles. The van der Waals surface area contributed by atoms with Crippen molar-refractivity contribution in [1.29, 1.82) is 0 Å². The molecule has 2 aliphatic rings. The van der Waals surface area contributed by atoms with Crippen LogP contribution in [0, 0.1) is 18.8 Å². The van der Waals surface area contributed by atoms with Gasteiger partial charge in [-0.25, -0.2) is 0 Å². The molecule has 0 bridgehead atoms. The molecule has 3 nitrogen and oxygen atoms in total. The predicted molar refractivity (Wildman–Crippen MR) is 99.4 cm³/mol. The molecule has 2 heterocycles. The number of carbonyl (C=O) groups is 1. The molecule has 23 heavy (non-hydrogen) atoms. The minimum Gasteiger partial charge on any atom is -0.342 e. The lowest BCUT2D eigenvalue weighted by molar-refractivity contribution is -0.130. The molecule has 0 aromatic heterocycles. The third-order valence-electron chi connectivity index (χ3n) is 5.01. The average Bonchev–Trinajstić information content (AvgIpc) is 2.87. The van der Waals surface area contributed by atoms with Crippen LogP contribution in [0.2, 0.25) is 0 Å². The maximum atomic E-state index is 12.7. The maximum absolute atomic E-state index is 12.7. The molecule has 1 amide bonds. The number of hydrogen-bond donors (Lipinski definition) is 1. The molecule has 128 valence electrons. The van der Waals surface area contributed by atoms with Crippen molar-refractivity contribution in [3.63, 3.8) is 0 Å². The molecule has 1 N–H and O–H groups in total. The number of halogens is 1. The Morgan fingerprint density at radius 2 is 1.74 bits per heavy atom. The predicted octanol–water partition coefficient (Wildman–Crippen LogP) is 3.36. The monoisotopic (exact) mass is 354 g/mol. The lowest BCUT2D eigenvalue weighted by Crippen LogP contribution is -2.37. The topological polar surface area (TPSA) is 32.3 Å². The zero-order valence-corrected chi connectivity index (χ0v) is 15.6. The van der Waals surface area contributed by atoms with Crippen LogP contribution in [-0.2, 0) is 4.79 Å². The van der Waals surface area contributed by atoms with Gasteiger partial charge in [0.1, 0.15) is 0 Å². The average molecular weight is 355 g/mol. The second kappa shape index (κ2) is 8.41. The first-order valence-corrected chi connectivity index (χ1v) is 9.24. The molecule has 0 radical (unpaired) electrons. The van der Waals surface area contributed by atoms with Gasteiger partial charge in [0, 0.05) is 18.0 Å². The number of rotatable bonds is 3. The smallest absolute Gasteiger partial charge is 0.235 e. The molecule has 1 aromatic carbocycles. The number of benzene rings is 1. The number of aryl methyl sites for hydroxylation is 1. The molecule has 2 fully saturated rings. The van der Waals surface area contributed by atoms with Crippen LogP contribution in [0.4, 0.5) is 0 Å². The molecule has 3 atom stereocenters. The van der Waals surface area contributed by atoms with Crippen molar-refractivity contribution in [3.8, 4) is 0 Å². The van der Waals surface area contributed by atoms with Gasteiger partial charge >= 0.3 is 0 Å². The summed E-state index contributed by atoms with van der Waals surface area (Å²) >= 11 is 1.68. The van der Waals surface area contributed by atoms with E-state index in [1.807, 2.05) is 6.92 Å². The van der Waals surface area contributed by atoms with Crippen LogP contribution >= 0.6 is 24.2 Å². The molecule has 0 saturated carbocycles. The van der Waals surface area contributed by atoms with E-state index in [9.17, 15) is 4.79 Å². The van der Waals surface area contributed by atoms with Crippen molar-refractivity contribution >= 4 is 30.1 Å².